The number of ether oxygens (including phenoxy) is 3. The molecule has 0 aliphatic heterocycles. The molecule has 3 aromatic carbocycles. The Labute approximate surface area is 225 Å². The van der Waals surface area contributed by atoms with Crippen molar-refractivity contribution in [2.45, 2.75) is 18.4 Å². The van der Waals surface area contributed by atoms with Gasteiger partial charge in [-0.3, -0.25) is 4.79 Å². The monoisotopic (exact) mass is 589 g/mol. The van der Waals surface area contributed by atoms with E-state index in [1.54, 1.807) is 36.4 Å². The summed E-state index contributed by atoms with van der Waals surface area (Å²) in [4.78, 5) is 12.9. The number of halogens is 1. The molecule has 0 aromatic heterocycles. The van der Waals surface area contributed by atoms with Gasteiger partial charge in [0.15, 0.2) is 11.5 Å². The maximum atomic E-state index is 13.4. The molecule has 3 aromatic rings. The van der Waals surface area contributed by atoms with E-state index in [4.69, 9.17) is 14.2 Å². The second-order valence-electron chi connectivity index (χ2n) is 7.93. The SMILES string of the molecule is COc1ccc(/C=N\NC(=O)CN(Cc2ccc(Br)cc2)S(=O)(=O)c2ccc(C)cc2)c(OC)c1OC. The fraction of sp³-hybridized carbons (Fsp3) is 0.231. The van der Waals surface area contributed by atoms with Gasteiger partial charge in [-0.2, -0.15) is 9.41 Å². The number of aryl methyl sites for hydroxylation is 1. The molecule has 11 heteroatoms. The van der Waals surface area contributed by atoms with E-state index in [2.05, 4.69) is 26.5 Å². The topological polar surface area (TPSA) is 107 Å². The molecule has 0 saturated heterocycles. The zero-order valence-electron chi connectivity index (χ0n) is 20.9. The molecule has 0 spiro atoms. The van der Waals surface area contributed by atoms with Crippen molar-refractivity contribution in [2.75, 3.05) is 27.9 Å². The third-order valence-electron chi connectivity index (χ3n) is 5.38. The number of hydrogen-bond acceptors (Lipinski definition) is 7. The summed E-state index contributed by atoms with van der Waals surface area (Å²) in [6.07, 6.45) is 1.38. The number of carbonyl (C=O) groups excluding carboxylic acids is 1. The lowest BCUT2D eigenvalue weighted by Gasteiger charge is -2.21. The highest BCUT2D eigenvalue weighted by Gasteiger charge is 2.27. The number of hydrogen-bond donors (Lipinski definition) is 1. The average molecular weight is 590 g/mol. The molecule has 1 amide bonds. The summed E-state index contributed by atoms with van der Waals surface area (Å²) < 4.78 is 44.8. The van der Waals surface area contributed by atoms with Gasteiger partial charge in [-0.1, -0.05) is 45.8 Å². The molecule has 37 heavy (non-hydrogen) atoms. The van der Waals surface area contributed by atoms with E-state index in [0.717, 1.165) is 19.9 Å². The van der Waals surface area contributed by atoms with Crippen molar-refractivity contribution in [3.63, 3.8) is 0 Å². The largest absolute Gasteiger partial charge is 0.493 e. The first-order valence-corrected chi connectivity index (χ1v) is 13.3. The molecule has 3 rings (SSSR count). The molecule has 0 heterocycles. The number of nitrogens with zero attached hydrogens (tertiary/aromatic N) is 2. The van der Waals surface area contributed by atoms with Crippen LogP contribution in [0.2, 0.25) is 0 Å². The summed E-state index contributed by atoms with van der Waals surface area (Å²) in [5.41, 5.74) is 4.58. The van der Waals surface area contributed by atoms with E-state index in [9.17, 15) is 13.2 Å². The summed E-state index contributed by atoms with van der Waals surface area (Å²) in [6.45, 7) is 1.44. The molecular formula is C26H28BrN3O6S. The minimum atomic E-state index is -3.97. The third-order valence-corrected chi connectivity index (χ3v) is 7.71. The van der Waals surface area contributed by atoms with Crippen LogP contribution in [0.15, 0.2) is 75.1 Å². The van der Waals surface area contributed by atoms with Gasteiger partial charge in [0.05, 0.1) is 39.0 Å². The van der Waals surface area contributed by atoms with E-state index in [1.165, 1.54) is 39.7 Å². The van der Waals surface area contributed by atoms with Gasteiger partial charge in [-0.15, -0.1) is 0 Å². The lowest BCUT2D eigenvalue weighted by molar-refractivity contribution is -0.121. The first-order chi connectivity index (χ1) is 17.7. The van der Waals surface area contributed by atoms with Crippen LogP contribution in [0.25, 0.3) is 0 Å². The van der Waals surface area contributed by atoms with Crippen molar-refractivity contribution in [2.24, 2.45) is 5.10 Å². The van der Waals surface area contributed by atoms with Crippen LogP contribution in [-0.2, 0) is 21.4 Å². The van der Waals surface area contributed by atoms with E-state index >= 15 is 0 Å². The number of carbonyl (C=O) groups is 1. The highest BCUT2D eigenvalue weighted by Crippen LogP contribution is 2.39. The molecule has 1 N–H and O–H groups in total. The quantitative estimate of drug-likeness (QED) is 0.266. The van der Waals surface area contributed by atoms with Gasteiger partial charge in [-0.05, 0) is 48.9 Å². The van der Waals surface area contributed by atoms with Crippen LogP contribution in [0.3, 0.4) is 0 Å². The van der Waals surface area contributed by atoms with Gasteiger partial charge in [0.2, 0.25) is 15.8 Å². The fourth-order valence-corrected chi connectivity index (χ4v) is 5.12. The molecular weight excluding hydrogens is 562 g/mol. The van der Waals surface area contributed by atoms with E-state index in [0.29, 0.717) is 22.8 Å². The van der Waals surface area contributed by atoms with Crippen LogP contribution in [0.1, 0.15) is 16.7 Å². The Hall–Kier alpha value is -3.41. The Morgan fingerprint density at radius 3 is 2.19 bits per heavy atom. The van der Waals surface area contributed by atoms with Crippen LogP contribution >= 0.6 is 15.9 Å². The van der Waals surface area contributed by atoms with Crippen LogP contribution in [0.5, 0.6) is 17.2 Å². The van der Waals surface area contributed by atoms with Gasteiger partial charge in [0.25, 0.3) is 5.91 Å². The van der Waals surface area contributed by atoms with Crippen molar-refractivity contribution in [1.82, 2.24) is 9.73 Å². The number of sulfonamides is 1. The predicted molar refractivity (Wildman–Crippen MR) is 145 cm³/mol. The Bertz CT molecular complexity index is 1360. The van der Waals surface area contributed by atoms with E-state index < -0.39 is 22.5 Å². The lowest BCUT2D eigenvalue weighted by atomic mass is 10.2. The zero-order chi connectivity index (χ0) is 27.0. The summed E-state index contributed by atoms with van der Waals surface area (Å²) in [5, 5.41) is 3.99. The van der Waals surface area contributed by atoms with E-state index in [1.807, 2.05) is 19.1 Å². The van der Waals surface area contributed by atoms with Crippen molar-refractivity contribution in [3.05, 3.63) is 81.8 Å². The van der Waals surface area contributed by atoms with Gasteiger partial charge in [0, 0.05) is 16.6 Å². The molecule has 0 bridgehead atoms. The highest BCUT2D eigenvalue weighted by molar-refractivity contribution is 9.10. The first kappa shape index (κ1) is 28.2. The fourth-order valence-electron chi connectivity index (χ4n) is 3.47. The molecule has 0 aliphatic carbocycles. The maximum Gasteiger partial charge on any atom is 0.255 e. The molecule has 0 unspecified atom stereocenters. The number of hydrazone groups is 1. The Morgan fingerprint density at radius 1 is 0.946 bits per heavy atom. The Morgan fingerprint density at radius 2 is 1.59 bits per heavy atom. The molecule has 0 fully saturated rings. The molecule has 0 radical (unpaired) electrons. The third kappa shape index (κ3) is 7.09. The maximum absolute atomic E-state index is 13.4. The van der Waals surface area contributed by atoms with Gasteiger partial charge in [-0.25, -0.2) is 13.8 Å². The Kier molecular flexibility index (Phi) is 9.67. The summed E-state index contributed by atoms with van der Waals surface area (Å²) in [7, 11) is 0.502. The van der Waals surface area contributed by atoms with Gasteiger partial charge < -0.3 is 14.2 Å². The summed E-state index contributed by atoms with van der Waals surface area (Å²) in [6, 6.07) is 17.1. The smallest absolute Gasteiger partial charge is 0.255 e. The van der Waals surface area contributed by atoms with E-state index in [-0.39, 0.29) is 11.4 Å². The molecule has 9 nitrogen and oxygen atoms in total. The molecule has 0 saturated carbocycles. The average Bonchev–Trinajstić information content (AvgIpc) is 2.89. The number of nitrogens with one attached hydrogen (secondary N) is 1. The molecule has 0 atom stereocenters. The van der Waals surface area contributed by atoms with Gasteiger partial charge >= 0.3 is 0 Å². The second kappa shape index (κ2) is 12.7. The van der Waals surface area contributed by atoms with Crippen molar-refractivity contribution < 1.29 is 27.4 Å². The second-order valence-corrected chi connectivity index (χ2v) is 10.8. The number of rotatable bonds is 11. The summed E-state index contributed by atoms with van der Waals surface area (Å²) >= 11 is 3.37. The van der Waals surface area contributed by atoms with Crippen LogP contribution in [0, 0.1) is 6.92 Å². The van der Waals surface area contributed by atoms with Crippen molar-refractivity contribution >= 4 is 38.1 Å². The van der Waals surface area contributed by atoms with Crippen molar-refractivity contribution in [3.8, 4) is 17.2 Å². The Balaban J connectivity index is 1.82. The lowest BCUT2D eigenvalue weighted by Crippen LogP contribution is -2.39. The minimum absolute atomic E-state index is 0.00409. The zero-order valence-corrected chi connectivity index (χ0v) is 23.3. The van der Waals surface area contributed by atoms with Crippen LogP contribution in [-0.4, -0.2) is 52.7 Å². The normalized spacial score (nSPS) is 11.5. The van der Waals surface area contributed by atoms with Crippen molar-refractivity contribution in [1.29, 1.82) is 0 Å². The standard InChI is InChI=1S/C26H28BrN3O6S/c1-18-5-12-22(13-6-18)37(32,33)30(16-19-7-10-21(27)11-8-19)17-24(31)29-28-15-20-9-14-23(34-2)26(36-4)25(20)35-3/h5-15H,16-17H2,1-4H3,(H,29,31)/b28-15-. The predicted octanol–water partition coefficient (Wildman–Crippen LogP) is 4.12. The van der Waals surface area contributed by atoms with Crippen LogP contribution < -0.4 is 19.6 Å². The molecule has 0 aliphatic rings. The highest BCUT2D eigenvalue weighted by atomic mass is 79.9. The summed E-state index contributed by atoms with van der Waals surface area (Å²) in [5.74, 6) is 0.623. The number of methoxy groups -OCH3 is 3. The number of benzene rings is 3. The first-order valence-electron chi connectivity index (χ1n) is 11.1. The molecule has 196 valence electrons. The van der Waals surface area contributed by atoms with Gasteiger partial charge in [0.1, 0.15) is 0 Å². The minimum Gasteiger partial charge on any atom is -0.493 e. The van der Waals surface area contributed by atoms with Crippen LogP contribution in [0.4, 0.5) is 0 Å². The number of amides is 1.